The zero-order valence-electron chi connectivity index (χ0n) is 10.7. The molecule has 0 saturated carbocycles. The fourth-order valence-electron chi connectivity index (χ4n) is 2.43. The quantitative estimate of drug-likeness (QED) is 0.872. The third-order valence-electron chi connectivity index (χ3n) is 3.45. The molecule has 100 valence electrons. The van der Waals surface area contributed by atoms with Gasteiger partial charge in [0, 0.05) is 28.7 Å². The zero-order chi connectivity index (χ0) is 13.0. The Balaban J connectivity index is 1.81. The van der Waals surface area contributed by atoms with Crippen molar-refractivity contribution in [1.82, 2.24) is 10.6 Å². The van der Waals surface area contributed by atoms with E-state index in [1.54, 1.807) is 6.07 Å². The van der Waals surface area contributed by atoms with Crippen LogP contribution in [0.1, 0.15) is 31.7 Å². The normalized spacial score (nSPS) is 21.2. The lowest BCUT2D eigenvalue weighted by atomic mass is 10.1. The molecule has 0 spiro atoms. The van der Waals surface area contributed by atoms with Crippen molar-refractivity contribution in [3.63, 3.8) is 0 Å². The molecule has 1 aliphatic heterocycles. The van der Waals surface area contributed by atoms with E-state index in [4.69, 9.17) is 0 Å². The summed E-state index contributed by atoms with van der Waals surface area (Å²) in [5.74, 6) is -0.142. The van der Waals surface area contributed by atoms with Gasteiger partial charge in [-0.25, -0.2) is 4.39 Å². The molecule has 1 aliphatic rings. The molecule has 4 heteroatoms. The molecule has 0 bridgehead atoms. The molecule has 2 rings (SSSR count). The lowest BCUT2D eigenvalue weighted by Gasteiger charge is -2.18. The van der Waals surface area contributed by atoms with Gasteiger partial charge < -0.3 is 10.6 Å². The van der Waals surface area contributed by atoms with E-state index in [-0.39, 0.29) is 5.82 Å². The van der Waals surface area contributed by atoms with Crippen LogP contribution in [-0.4, -0.2) is 18.6 Å². The number of halogens is 2. The first-order valence-electron chi connectivity index (χ1n) is 6.56. The monoisotopic (exact) mass is 314 g/mol. The van der Waals surface area contributed by atoms with Crippen LogP contribution < -0.4 is 10.6 Å². The van der Waals surface area contributed by atoms with Gasteiger partial charge >= 0.3 is 0 Å². The minimum absolute atomic E-state index is 0.142. The Kier molecular flexibility index (Phi) is 5.15. The van der Waals surface area contributed by atoms with Crippen molar-refractivity contribution in [3.05, 3.63) is 34.1 Å². The molecule has 0 aromatic heterocycles. The molecule has 2 unspecified atom stereocenters. The summed E-state index contributed by atoms with van der Waals surface area (Å²) in [4.78, 5) is 0. The predicted molar refractivity (Wildman–Crippen MR) is 76.0 cm³/mol. The molecule has 1 aromatic carbocycles. The Morgan fingerprint density at radius 1 is 1.56 bits per heavy atom. The first kappa shape index (κ1) is 14.0. The standard InChI is InChI=1S/C14H20BrFN2/c1-10(7-13-3-2-6-17-13)18-9-11-8-12(15)4-5-14(11)16/h4-5,8,10,13,17-18H,2-3,6-7,9H2,1H3. The fraction of sp³-hybridized carbons (Fsp3) is 0.571. The smallest absolute Gasteiger partial charge is 0.127 e. The van der Waals surface area contributed by atoms with E-state index in [9.17, 15) is 4.39 Å². The molecular weight excluding hydrogens is 295 g/mol. The molecule has 2 nitrogen and oxygen atoms in total. The van der Waals surface area contributed by atoms with Gasteiger partial charge in [-0.05, 0) is 50.9 Å². The lowest BCUT2D eigenvalue weighted by molar-refractivity contribution is 0.436. The van der Waals surface area contributed by atoms with Crippen LogP contribution in [0.2, 0.25) is 0 Å². The van der Waals surface area contributed by atoms with Crippen LogP contribution in [0.25, 0.3) is 0 Å². The van der Waals surface area contributed by atoms with Crippen LogP contribution in [0, 0.1) is 5.82 Å². The molecule has 2 N–H and O–H groups in total. The molecule has 0 aliphatic carbocycles. The van der Waals surface area contributed by atoms with Crippen LogP contribution in [0.15, 0.2) is 22.7 Å². The van der Waals surface area contributed by atoms with Crippen molar-refractivity contribution in [2.24, 2.45) is 0 Å². The summed E-state index contributed by atoms with van der Waals surface area (Å²) >= 11 is 3.37. The molecule has 1 fully saturated rings. The summed E-state index contributed by atoms with van der Waals surface area (Å²) in [5.41, 5.74) is 0.718. The maximum atomic E-state index is 13.6. The van der Waals surface area contributed by atoms with Crippen LogP contribution in [-0.2, 0) is 6.54 Å². The Bertz CT molecular complexity index is 391. The van der Waals surface area contributed by atoms with Crippen molar-refractivity contribution in [1.29, 1.82) is 0 Å². The molecule has 1 aromatic rings. The van der Waals surface area contributed by atoms with E-state index in [1.165, 1.54) is 18.9 Å². The van der Waals surface area contributed by atoms with E-state index in [2.05, 4.69) is 33.5 Å². The fourth-order valence-corrected chi connectivity index (χ4v) is 2.84. The highest BCUT2D eigenvalue weighted by molar-refractivity contribution is 9.10. The van der Waals surface area contributed by atoms with E-state index in [1.807, 2.05) is 6.07 Å². The molecule has 2 atom stereocenters. The lowest BCUT2D eigenvalue weighted by Crippen LogP contribution is -2.33. The van der Waals surface area contributed by atoms with Gasteiger partial charge in [0.1, 0.15) is 5.82 Å². The summed E-state index contributed by atoms with van der Waals surface area (Å²) in [6.07, 6.45) is 3.64. The minimum Gasteiger partial charge on any atom is -0.314 e. The van der Waals surface area contributed by atoms with E-state index < -0.39 is 0 Å². The molecule has 0 amide bonds. The van der Waals surface area contributed by atoms with Crippen molar-refractivity contribution in [2.45, 2.75) is 44.8 Å². The van der Waals surface area contributed by atoms with Gasteiger partial charge in [-0.3, -0.25) is 0 Å². The maximum Gasteiger partial charge on any atom is 0.127 e. The Hall–Kier alpha value is -0.450. The van der Waals surface area contributed by atoms with Crippen molar-refractivity contribution in [2.75, 3.05) is 6.54 Å². The predicted octanol–water partition coefficient (Wildman–Crippen LogP) is 3.21. The average Bonchev–Trinajstić information content (AvgIpc) is 2.83. The minimum atomic E-state index is -0.142. The largest absolute Gasteiger partial charge is 0.314 e. The van der Waals surface area contributed by atoms with Crippen LogP contribution in [0.3, 0.4) is 0 Å². The third kappa shape index (κ3) is 4.04. The highest BCUT2D eigenvalue weighted by Crippen LogP contribution is 2.16. The Morgan fingerprint density at radius 3 is 3.11 bits per heavy atom. The van der Waals surface area contributed by atoms with Gasteiger partial charge in [-0.15, -0.1) is 0 Å². The number of rotatable bonds is 5. The average molecular weight is 315 g/mol. The number of benzene rings is 1. The van der Waals surface area contributed by atoms with E-state index >= 15 is 0 Å². The van der Waals surface area contributed by atoms with Crippen LogP contribution in [0.4, 0.5) is 4.39 Å². The summed E-state index contributed by atoms with van der Waals surface area (Å²) in [7, 11) is 0. The van der Waals surface area contributed by atoms with Crippen molar-refractivity contribution >= 4 is 15.9 Å². The second-order valence-electron chi connectivity index (χ2n) is 5.05. The van der Waals surface area contributed by atoms with Gasteiger partial charge in [0.05, 0.1) is 0 Å². The maximum absolute atomic E-state index is 13.6. The van der Waals surface area contributed by atoms with Gasteiger partial charge in [-0.1, -0.05) is 15.9 Å². The van der Waals surface area contributed by atoms with Crippen molar-refractivity contribution < 1.29 is 4.39 Å². The number of nitrogens with one attached hydrogen (secondary N) is 2. The Morgan fingerprint density at radius 2 is 2.39 bits per heavy atom. The number of hydrogen-bond donors (Lipinski definition) is 2. The van der Waals surface area contributed by atoms with Crippen molar-refractivity contribution in [3.8, 4) is 0 Å². The first-order chi connectivity index (χ1) is 8.65. The highest BCUT2D eigenvalue weighted by Gasteiger charge is 2.16. The van der Waals surface area contributed by atoms with E-state index in [0.29, 0.717) is 18.6 Å². The molecule has 1 heterocycles. The summed E-state index contributed by atoms with van der Waals surface area (Å²) < 4.78 is 14.5. The SMILES string of the molecule is CC(CC1CCCN1)NCc1cc(Br)ccc1F. The Labute approximate surface area is 116 Å². The first-order valence-corrected chi connectivity index (χ1v) is 7.35. The summed E-state index contributed by atoms with van der Waals surface area (Å²) in [6.45, 7) is 3.88. The highest BCUT2D eigenvalue weighted by atomic mass is 79.9. The molecule has 18 heavy (non-hydrogen) atoms. The summed E-state index contributed by atoms with van der Waals surface area (Å²) in [5, 5.41) is 6.88. The van der Waals surface area contributed by atoms with E-state index in [0.717, 1.165) is 23.0 Å². The van der Waals surface area contributed by atoms with Crippen LogP contribution >= 0.6 is 15.9 Å². The van der Waals surface area contributed by atoms with Gasteiger partial charge in [-0.2, -0.15) is 0 Å². The second kappa shape index (κ2) is 6.64. The topological polar surface area (TPSA) is 24.1 Å². The van der Waals surface area contributed by atoms with Gasteiger partial charge in [0.25, 0.3) is 0 Å². The third-order valence-corrected chi connectivity index (χ3v) is 3.94. The zero-order valence-corrected chi connectivity index (χ0v) is 12.3. The van der Waals surface area contributed by atoms with Gasteiger partial charge in [0.15, 0.2) is 0 Å². The summed E-state index contributed by atoms with van der Waals surface area (Å²) in [6, 6.07) is 6.09. The molecule has 1 saturated heterocycles. The molecule has 0 radical (unpaired) electrons. The second-order valence-corrected chi connectivity index (χ2v) is 5.96. The molecular formula is C14H20BrFN2. The van der Waals surface area contributed by atoms with Gasteiger partial charge in [0.2, 0.25) is 0 Å². The van der Waals surface area contributed by atoms with Crippen LogP contribution in [0.5, 0.6) is 0 Å². The number of hydrogen-bond acceptors (Lipinski definition) is 2.